The molecule has 0 aromatic heterocycles. The van der Waals surface area contributed by atoms with E-state index in [0.29, 0.717) is 5.69 Å². The van der Waals surface area contributed by atoms with Crippen molar-refractivity contribution in [2.45, 2.75) is 6.43 Å². The summed E-state index contributed by atoms with van der Waals surface area (Å²) >= 11 is 0. The quantitative estimate of drug-likeness (QED) is 0.718. The molecule has 25 heavy (non-hydrogen) atoms. The van der Waals surface area contributed by atoms with Crippen LogP contribution in [-0.2, 0) is 23.8 Å². The van der Waals surface area contributed by atoms with Gasteiger partial charge in [0.15, 0.2) is 0 Å². The van der Waals surface area contributed by atoms with Gasteiger partial charge in [0.25, 0.3) is 6.43 Å². The predicted octanol–water partition coefficient (Wildman–Crippen LogP) is 1.72. The molecule has 0 atom stereocenters. The first-order chi connectivity index (χ1) is 12.0. The zero-order chi connectivity index (χ0) is 18.4. The Morgan fingerprint density at radius 1 is 1.24 bits per heavy atom. The molecule has 0 aliphatic carbocycles. The van der Waals surface area contributed by atoms with Gasteiger partial charge in [0.1, 0.15) is 24.8 Å². The van der Waals surface area contributed by atoms with E-state index in [1.807, 2.05) is 0 Å². The minimum absolute atomic E-state index is 0.000461. The number of nitrogens with zero attached hydrogens (tertiary/aromatic N) is 1. The molecule has 1 aromatic carbocycles. The smallest absolute Gasteiger partial charge is 0.355 e. The highest BCUT2D eigenvalue weighted by atomic mass is 19.3. The highest BCUT2D eigenvalue weighted by Crippen LogP contribution is 2.29. The molecule has 0 radical (unpaired) electrons. The summed E-state index contributed by atoms with van der Waals surface area (Å²) < 4.78 is 44.3. The average Bonchev–Trinajstić information content (AvgIpc) is 2.64. The van der Waals surface area contributed by atoms with E-state index in [0.717, 1.165) is 0 Å². The second kappa shape index (κ2) is 8.43. The Bertz CT molecular complexity index is 676. The molecule has 0 saturated heterocycles. The van der Waals surface area contributed by atoms with Crippen molar-refractivity contribution in [1.29, 1.82) is 0 Å². The normalized spacial score (nSPS) is 14.5. The molecule has 0 spiro atoms. The number of halogens is 2. The van der Waals surface area contributed by atoms with Gasteiger partial charge in [-0.3, -0.25) is 0 Å². The minimum atomic E-state index is -2.61. The van der Waals surface area contributed by atoms with Gasteiger partial charge in [-0.2, -0.15) is 0 Å². The number of anilines is 1. The maximum Gasteiger partial charge on any atom is 0.355 e. The lowest BCUT2D eigenvalue weighted by atomic mass is 10.1. The fourth-order valence-corrected chi connectivity index (χ4v) is 2.25. The van der Waals surface area contributed by atoms with Crippen LogP contribution < -0.4 is 9.64 Å². The van der Waals surface area contributed by atoms with E-state index in [1.54, 1.807) is 12.1 Å². The summed E-state index contributed by atoms with van der Waals surface area (Å²) in [7, 11) is 2.36. The molecule has 0 N–H and O–H groups in total. The maximum atomic E-state index is 12.3. The Labute approximate surface area is 142 Å². The van der Waals surface area contributed by atoms with Crippen LogP contribution in [0.25, 0.3) is 0 Å². The number of rotatable bonds is 6. The second-order valence-corrected chi connectivity index (χ2v) is 4.92. The Balaban J connectivity index is 2.40. The van der Waals surface area contributed by atoms with Crippen LogP contribution >= 0.6 is 0 Å². The molecule has 0 amide bonds. The van der Waals surface area contributed by atoms with E-state index in [2.05, 4.69) is 4.74 Å². The van der Waals surface area contributed by atoms with Crippen molar-refractivity contribution in [3.8, 4) is 5.75 Å². The third-order valence-corrected chi connectivity index (χ3v) is 3.34. The van der Waals surface area contributed by atoms with Crippen molar-refractivity contribution < 1.29 is 37.3 Å². The SMILES string of the molecule is COC(=O)C1=C(C(=O)OC)N(c2cccc(OCC(F)F)c2)COC1. The maximum absolute atomic E-state index is 12.3. The molecular formula is C16H17F2NO6. The van der Waals surface area contributed by atoms with Crippen LogP contribution in [0.1, 0.15) is 0 Å². The Hall–Kier alpha value is -2.68. The third-order valence-electron chi connectivity index (χ3n) is 3.34. The van der Waals surface area contributed by atoms with Crippen LogP contribution in [-0.4, -0.2) is 52.5 Å². The highest BCUT2D eigenvalue weighted by molar-refractivity contribution is 6.03. The average molecular weight is 357 g/mol. The molecule has 9 heteroatoms. The number of hydrogen-bond donors (Lipinski definition) is 0. The number of alkyl halides is 2. The summed E-state index contributed by atoms with van der Waals surface area (Å²) in [4.78, 5) is 25.5. The molecule has 2 rings (SSSR count). The summed E-state index contributed by atoms with van der Waals surface area (Å²) in [5, 5.41) is 0. The summed E-state index contributed by atoms with van der Waals surface area (Å²) in [5.74, 6) is -1.29. The predicted molar refractivity (Wildman–Crippen MR) is 82.3 cm³/mol. The van der Waals surface area contributed by atoms with Gasteiger partial charge in [-0.05, 0) is 12.1 Å². The van der Waals surface area contributed by atoms with Crippen molar-refractivity contribution in [3.05, 3.63) is 35.5 Å². The molecule has 1 aromatic rings. The Kier molecular flexibility index (Phi) is 6.29. The van der Waals surface area contributed by atoms with Gasteiger partial charge < -0.3 is 23.8 Å². The van der Waals surface area contributed by atoms with Crippen molar-refractivity contribution in [1.82, 2.24) is 0 Å². The van der Waals surface area contributed by atoms with Crippen LogP contribution in [0.5, 0.6) is 5.75 Å². The van der Waals surface area contributed by atoms with Gasteiger partial charge >= 0.3 is 11.9 Å². The molecule has 1 heterocycles. The number of esters is 2. The zero-order valence-electron chi connectivity index (χ0n) is 13.7. The van der Waals surface area contributed by atoms with E-state index in [1.165, 1.54) is 31.3 Å². The number of hydrogen-bond acceptors (Lipinski definition) is 7. The third kappa shape index (κ3) is 4.44. The molecule has 0 unspecified atom stereocenters. The van der Waals surface area contributed by atoms with Crippen LogP contribution in [0, 0.1) is 0 Å². The fraction of sp³-hybridized carbons (Fsp3) is 0.375. The summed E-state index contributed by atoms with van der Waals surface area (Å²) in [6, 6.07) is 6.13. The van der Waals surface area contributed by atoms with Gasteiger partial charge in [0.05, 0.1) is 26.4 Å². The lowest BCUT2D eigenvalue weighted by Gasteiger charge is -2.31. The van der Waals surface area contributed by atoms with Gasteiger partial charge in [-0.1, -0.05) is 6.07 Å². The monoisotopic (exact) mass is 357 g/mol. The molecule has 136 valence electrons. The van der Waals surface area contributed by atoms with Gasteiger partial charge in [-0.25, -0.2) is 18.4 Å². The largest absolute Gasteiger partial charge is 0.488 e. The van der Waals surface area contributed by atoms with Crippen LogP contribution in [0.15, 0.2) is 35.5 Å². The van der Waals surface area contributed by atoms with Crippen LogP contribution in [0.3, 0.4) is 0 Å². The Morgan fingerprint density at radius 3 is 2.60 bits per heavy atom. The molecule has 7 nitrogen and oxygen atoms in total. The van der Waals surface area contributed by atoms with Gasteiger partial charge in [0, 0.05) is 11.8 Å². The lowest BCUT2D eigenvalue weighted by molar-refractivity contribution is -0.140. The number of carbonyl (C=O) groups is 2. The fourth-order valence-electron chi connectivity index (χ4n) is 2.25. The van der Waals surface area contributed by atoms with Crippen LogP contribution in [0.2, 0.25) is 0 Å². The Morgan fingerprint density at radius 2 is 1.96 bits per heavy atom. The first kappa shape index (κ1) is 18.7. The van der Waals surface area contributed by atoms with Crippen molar-refractivity contribution in [3.63, 3.8) is 0 Å². The minimum Gasteiger partial charge on any atom is -0.488 e. The molecule has 0 bridgehead atoms. The van der Waals surface area contributed by atoms with E-state index in [9.17, 15) is 18.4 Å². The highest BCUT2D eigenvalue weighted by Gasteiger charge is 2.32. The van der Waals surface area contributed by atoms with E-state index >= 15 is 0 Å². The summed E-state index contributed by atoms with van der Waals surface area (Å²) in [6.45, 7) is -0.911. The second-order valence-electron chi connectivity index (χ2n) is 4.92. The molecule has 0 fully saturated rings. The molecular weight excluding hydrogens is 340 g/mol. The van der Waals surface area contributed by atoms with Crippen LogP contribution in [0.4, 0.5) is 14.5 Å². The van der Waals surface area contributed by atoms with E-state index < -0.39 is 25.0 Å². The first-order valence-electron chi connectivity index (χ1n) is 7.24. The number of benzene rings is 1. The van der Waals surface area contributed by atoms with E-state index in [-0.39, 0.29) is 30.4 Å². The van der Waals surface area contributed by atoms with Crippen molar-refractivity contribution in [2.24, 2.45) is 0 Å². The van der Waals surface area contributed by atoms with E-state index in [4.69, 9.17) is 14.2 Å². The van der Waals surface area contributed by atoms with Crippen molar-refractivity contribution >= 4 is 17.6 Å². The van der Waals surface area contributed by atoms with Gasteiger partial charge in [0.2, 0.25) is 0 Å². The van der Waals surface area contributed by atoms with Crippen molar-refractivity contribution in [2.75, 3.05) is 39.1 Å². The topological polar surface area (TPSA) is 74.3 Å². The molecule has 1 aliphatic heterocycles. The number of carbonyl (C=O) groups excluding carboxylic acids is 2. The molecule has 1 aliphatic rings. The molecule has 0 saturated carbocycles. The number of ether oxygens (including phenoxy) is 4. The summed E-state index contributed by atoms with van der Waals surface area (Å²) in [6.07, 6.45) is -2.61. The standard InChI is InChI=1S/C16H17F2NO6/c1-22-15(20)12-7-24-9-19(14(12)16(21)23-2)10-4-3-5-11(6-10)25-8-13(17)18/h3-6,13H,7-9H2,1-2H3. The summed E-state index contributed by atoms with van der Waals surface area (Å²) in [5.41, 5.74) is 0.374. The first-order valence-corrected chi connectivity index (χ1v) is 7.24. The van der Waals surface area contributed by atoms with Gasteiger partial charge in [-0.15, -0.1) is 0 Å². The zero-order valence-corrected chi connectivity index (χ0v) is 13.7. The lowest BCUT2D eigenvalue weighted by Crippen LogP contribution is -2.38. The number of methoxy groups -OCH3 is 2.